The molecule has 1 amide bonds. The number of aromatic amines is 1. The predicted molar refractivity (Wildman–Crippen MR) is 44.5 cm³/mol. The van der Waals surface area contributed by atoms with Crippen LogP contribution in [-0.4, -0.2) is 21.1 Å². The van der Waals surface area contributed by atoms with Crippen molar-refractivity contribution < 1.29 is 4.79 Å². The maximum Gasteiger partial charge on any atom is 0.226 e. The van der Waals surface area contributed by atoms with Crippen LogP contribution in [0.4, 0.5) is 5.95 Å². The Kier molecular flexibility index (Phi) is 3.45. The molecule has 0 atom stereocenters. The second-order valence-corrected chi connectivity index (χ2v) is 2.39. The van der Waals surface area contributed by atoms with E-state index in [1.807, 2.05) is 6.07 Å². The summed E-state index contributed by atoms with van der Waals surface area (Å²) in [6.45, 7) is 0. The van der Waals surface area contributed by atoms with Crippen molar-refractivity contribution >= 4 is 11.9 Å². The van der Waals surface area contributed by atoms with Crippen molar-refractivity contribution in [1.82, 2.24) is 15.2 Å². The third-order valence-corrected chi connectivity index (χ3v) is 1.37. The van der Waals surface area contributed by atoms with E-state index in [1.165, 1.54) is 6.33 Å². The van der Waals surface area contributed by atoms with Crippen molar-refractivity contribution in [3.05, 3.63) is 6.33 Å². The fourth-order valence-electron chi connectivity index (χ4n) is 0.788. The number of hydrogen-bond acceptors (Lipinski definition) is 4. The number of nitrogens with zero attached hydrogens (tertiary/aromatic N) is 3. The van der Waals surface area contributed by atoms with E-state index in [1.54, 1.807) is 0 Å². The Labute approximate surface area is 75.0 Å². The fourth-order valence-corrected chi connectivity index (χ4v) is 0.788. The van der Waals surface area contributed by atoms with Crippen LogP contribution >= 0.6 is 0 Å². The third kappa shape index (κ3) is 3.33. The van der Waals surface area contributed by atoms with Gasteiger partial charge in [0, 0.05) is 12.8 Å². The SMILES string of the molecule is N#CCCCC(=O)Nc1ncn[nH]1. The Morgan fingerprint density at radius 2 is 2.62 bits per heavy atom. The number of H-pyrrole nitrogens is 1. The van der Waals surface area contributed by atoms with Crippen molar-refractivity contribution in [2.24, 2.45) is 0 Å². The molecule has 0 radical (unpaired) electrons. The highest BCUT2D eigenvalue weighted by atomic mass is 16.1. The molecule has 0 unspecified atom stereocenters. The zero-order chi connectivity index (χ0) is 9.52. The van der Waals surface area contributed by atoms with Crippen LogP contribution in [-0.2, 0) is 4.79 Å². The van der Waals surface area contributed by atoms with E-state index in [0.717, 1.165) is 0 Å². The Morgan fingerprint density at radius 3 is 3.23 bits per heavy atom. The summed E-state index contributed by atoms with van der Waals surface area (Å²) in [6.07, 6.45) is 2.60. The van der Waals surface area contributed by atoms with Gasteiger partial charge in [-0.05, 0) is 6.42 Å². The molecule has 1 aromatic heterocycles. The Bertz CT molecular complexity index is 299. The van der Waals surface area contributed by atoms with Gasteiger partial charge < -0.3 is 0 Å². The summed E-state index contributed by atoms with van der Waals surface area (Å²) in [7, 11) is 0. The summed E-state index contributed by atoms with van der Waals surface area (Å²) in [5.74, 6) is 0.175. The molecule has 68 valence electrons. The van der Waals surface area contributed by atoms with Crippen molar-refractivity contribution in [2.45, 2.75) is 19.3 Å². The number of unbranched alkanes of at least 4 members (excludes halogenated alkanes) is 1. The van der Waals surface area contributed by atoms with Crippen molar-refractivity contribution in [2.75, 3.05) is 5.32 Å². The molecule has 2 N–H and O–H groups in total. The largest absolute Gasteiger partial charge is 0.295 e. The first kappa shape index (κ1) is 9.19. The molecule has 0 saturated heterocycles. The molecule has 0 fully saturated rings. The van der Waals surface area contributed by atoms with Crippen LogP contribution in [0.25, 0.3) is 0 Å². The number of carbonyl (C=O) groups is 1. The lowest BCUT2D eigenvalue weighted by atomic mass is 10.2. The summed E-state index contributed by atoms with van der Waals surface area (Å²) in [5.41, 5.74) is 0. The third-order valence-electron chi connectivity index (χ3n) is 1.37. The van der Waals surface area contributed by atoms with Crippen LogP contribution in [0.3, 0.4) is 0 Å². The first-order chi connectivity index (χ1) is 6.33. The molecule has 1 heterocycles. The molecule has 0 aliphatic heterocycles. The molecular weight excluding hydrogens is 170 g/mol. The van der Waals surface area contributed by atoms with Crippen LogP contribution in [0.1, 0.15) is 19.3 Å². The van der Waals surface area contributed by atoms with Crippen molar-refractivity contribution in [3.63, 3.8) is 0 Å². The molecule has 0 aliphatic rings. The Balaban J connectivity index is 2.23. The highest BCUT2D eigenvalue weighted by Gasteiger charge is 2.02. The summed E-state index contributed by atoms with van der Waals surface area (Å²) >= 11 is 0. The molecule has 0 aliphatic carbocycles. The number of nitriles is 1. The summed E-state index contributed by atoms with van der Waals surface area (Å²) in [5, 5.41) is 16.8. The van der Waals surface area contributed by atoms with Gasteiger partial charge in [-0.2, -0.15) is 15.3 Å². The monoisotopic (exact) mass is 179 g/mol. The van der Waals surface area contributed by atoms with Gasteiger partial charge in [0.2, 0.25) is 11.9 Å². The van der Waals surface area contributed by atoms with E-state index in [2.05, 4.69) is 20.5 Å². The average Bonchev–Trinajstić information content (AvgIpc) is 2.57. The maximum absolute atomic E-state index is 11.1. The van der Waals surface area contributed by atoms with Gasteiger partial charge in [0.15, 0.2) is 0 Å². The Hall–Kier alpha value is -1.90. The molecule has 1 aromatic rings. The molecule has 13 heavy (non-hydrogen) atoms. The molecule has 0 saturated carbocycles. The van der Waals surface area contributed by atoms with Crippen LogP contribution in [0, 0.1) is 11.3 Å². The molecule has 0 aromatic carbocycles. The standard InChI is InChI=1S/C7H9N5O/c8-4-2-1-3-6(13)11-7-9-5-10-12-7/h5H,1-3H2,(H2,9,10,11,12,13). The molecule has 0 bridgehead atoms. The Morgan fingerprint density at radius 1 is 1.77 bits per heavy atom. The minimum absolute atomic E-state index is 0.160. The number of amides is 1. The molecule has 1 rings (SSSR count). The molecule has 6 nitrogen and oxygen atoms in total. The van der Waals surface area contributed by atoms with Gasteiger partial charge in [-0.3, -0.25) is 10.1 Å². The molecule has 0 spiro atoms. The number of hydrogen-bond donors (Lipinski definition) is 2. The highest BCUT2D eigenvalue weighted by Crippen LogP contribution is 1.98. The van der Waals surface area contributed by atoms with Crippen LogP contribution in [0.5, 0.6) is 0 Å². The molecule has 6 heteroatoms. The van der Waals surface area contributed by atoms with E-state index in [-0.39, 0.29) is 5.91 Å². The fraction of sp³-hybridized carbons (Fsp3) is 0.429. The second kappa shape index (κ2) is 4.87. The minimum Gasteiger partial charge on any atom is -0.295 e. The zero-order valence-corrected chi connectivity index (χ0v) is 6.95. The van der Waals surface area contributed by atoms with Gasteiger partial charge in [-0.25, -0.2) is 5.10 Å². The topological polar surface area (TPSA) is 94.5 Å². The van der Waals surface area contributed by atoms with Crippen molar-refractivity contribution in [3.8, 4) is 6.07 Å². The first-order valence-electron chi connectivity index (χ1n) is 3.85. The van der Waals surface area contributed by atoms with E-state index in [0.29, 0.717) is 25.2 Å². The molecular formula is C7H9N5O. The quantitative estimate of drug-likeness (QED) is 0.655. The summed E-state index contributed by atoms with van der Waals surface area (Å²) in [6, 6.07) is 1.97. The maximum atomic E-state index is 11.1. The smallest absolute Gasteiger partial charge is 0.226 e. The lowest BCUT2D eigenvalue weighted by molar-refractivity contribution is -0.116. The average molecular weight is 179 g/mol. The van der Waals surface area contributed by atoms with Gasteiger partial charge in [0.25, 0.3) is 0 Å². The van der Waals surface area contributed by atoms with Gasteiger partial charge in [-0.1, -0.05) is 0 Å². The van der Waals surface area contributed by atoms with Crippen LogP contribution in [0.2, 0.25) is 0 Å². The lowest BCUT2D eigenvalue weighted by Gasteiger charge is -1.97. The second-order valence-electron chi connectivity index (χ2n) is 2.39. The summed E-state index contributed by atoms with van der Waals surface area (Å²) < 4.78 is 0. The van der Waals surface area contributed by atoms with E-state index in [9.17, 15) is 4.79 Å². The van der Waals surface area contributed by atoms with Gasteiger partial charge in [0.1, 0.15) is 6.33 Å². The predicted octanol–water partition coefficient (Wildman–Crippen LogP) is 0.437. The number of carbonyl (C=O) groups excluding carboxylic acids is 1. The lowest BCUT2D eigenvalue weighted by Crippen LogP contribution is -2.12. The van der Waals surface area contributed by atoms with E-state index >= 15 is 0 Å². The van der Waals surface area contributed by atoms with Crippen molar-refractivity contribution in [1.29, 1.82) is 5.26 Å². The van der Waals surface area contributed by atoms with Gasteiger partial charge in [-0.15, -0.1) is 0 Å². The van der Waals surface area contributed by atoms with E-state index < -0.39 is 0 Å². The number of anilines is 1. The van der Waals surface area contributed by atoms with Crippen LogP contribution in [0.15, 0.2) is 6.33 Å². The van der Waals surface area contributed by atoms with Gasteiger partial charge >= 0.3 is 0 Å². The van der Waals surface area contributed by atoms with Crippen LogP contribution < -0.4 is 5.32 Å². The first-order valence-corrected chi connectivity index (χ1v) is 3.85. The van der Waals surface area contributed by atoms with Gasteiger partial charge in [0.05, 0.1) is 6.07 Å². The normalized spacial score (nSPS) is 9.15. The minimum atomic E-state index is -0.160. The number of rotatable bonds is 4. The highest BCUT2D eigenvalue weighted by molar-refractivity contribution is 5.88. The number of nitrogens with one attached hydrogen (secondary N) is 2. The van der Waals surface area contributed by atoms with E-state index in [4.69, 9.17) is 5.26 Å². The number of aromatic nitrogens is 3. The summed E-state index contributed by atoms with van der Waals surface area (Å²) in [4.78, 5) is 14.8. The zero-order valence-electron chi connectivity index (χ0n) is 6.95.